The fourth-order valence-electron chi connectivity index (χ4n) is 3.07. The zero-order chi connectivity index (χ0) is 22.3. The summed E-state index contributed by atoms with van der Waals surface area (Å²) in [5, 5.41) is 12.2. The SMILES string of the molecule is CCOc1ccccc1Nc1nnc(SCC(=O)N(C)Cc2ccc3c(c2)OCCO3)s1. The molecule has 1 aromatic heterocycles. The molecule has 0 bridgehead atoms. The molecule has 0 radical (unpaired) electrons. The maximum atomic E-state index is 12.6. The van der Waals surface area contributed by atoms with E-state index in [0.717, 1.165) is 32.8 Å². The number of nitrogens with one attached hydrogen (secondary N) is 1. The molecule has 2 heterocycles. The van der Waals surface area contributed by atoms with E-state index < -0.39 is 0 Å². The zero-order valence-corrected chi connectivity index (χ0v) is 19.5. The first-order valence-electron chi connectivity index (χ1n) is 10.2. The summed E-state index contributed by atoms with van der Waals surface area (Å²) in [5.41, 5.74) is 1.82. The number of ether oxygens (including phenoxy) is 3. The van der Waals surface area contributed by atoms with Crippen LogP contribution in [-0.2, 0) is 11.3 Å². The number of thioether (sulfide) groups is 1. The van der Waals surface area contributed by atoms with Crippen LogP contribution in [0.1, 0.15) is 12.5 Å². The van der Waals surface area contributed by atoms with Gasteiger partial charge in [0, 0.05) is 13.6 Å². The number of fused-ring (bicyclic) bond motifs is 1. The van der Waals surface area contributed by atoms with Crippen LogP contribution >= 0.6 is 23.1 Å². The summed E-state index contributed by atoms with van der Waals surface area (Å²) < 4.78 is 17.5. The fraction of sp³-hybridized carbons (Fsp3) is 0.318. The molecule has 168 valence electrons. The molecule has 0 unspecified atom stereocenters. The van der Waals surface area contributed by atoms with Crippen molar-refractivity contribution >= 4 is 39.8 Å². The number of amides is 1. The molecule has 0 aliphatic carbocycles. The van der Waals surface area contributed by atoms with Gasteiger partial charge in [0.05, 0.1) is 18.0 Å². The first-order valence-corrected chi connectivity index (χ1v) is 12.0. The largest absolute Gasteiger partial charge is 0.492 e. The molecule has 0 saturated carbocycles. The van der Waals surface area contributed by atoms with Gasteiger partial charge in [-0.2, -0.15) is 0 Å². The van der Waals surface area contributed by atoms with Crippen LogP contribution in [0, 0.1) is 0 Å². The normalized spacial score (nSPS) is 12.3. The van der Waals surface area contributed by atoms with Gasteiger partial charge in [0.1, 0.15) is 19.0 Å². The number of hydrogen-bond acceptors (Lipinski definition) is 9. The summed E-state index contributed by atoms with van der Waals surface area (Å²) in [6, 6.07) is 13.4. The van der Waals surface area contributed by atoms with Gasteiger partial charge in [0.25, 0.3) is 0 Å². The van der Waals surface area contributed by atoms with Crippen molar-refractivity contribution in [2.45, 2.75) is 17.8 Å². The van der Waals surface area contributed by atoms with Gasteiger partial charge in [-0.15, -0.1) is 10.2 Å². The van der Waals surface area contributed by atoms with Gasteiger partial charge >= 0.3 is 0 Å². The number of aromatic nitrogens is 2. The van der Waals surface area contributed by atoms with Crippen LogP contribution in [0.4, 0.5) is 10.8 Å². The third kappa shape index (κ3) is 5.63. The van der Waals surface area contributed by atoms with Crippen LogP contribution < -0.4 is 19.5 Å². The average Bonchev–Trinajstić information content (AvgIpc) is 3.26. The minimum atomic E-state index is 0.0105. The van der Waals surface area contributed by atoms with Gasteiger partial charge in [0.15, 0.2) is 15.8 Å². The lowest BCUT2D eigenvalue weighted by atomic mass is 10.2. The quantitative estimate of drug-likeness (QED) is 0.464. The Kier molecular flexibility index (Phi) is 7.33. The predicted octanol–water partition coefficient (Wildman–Crippen LogP) is 4.20. The molecule has 32 heavy (non-hydrogen) atoms. The molecule has 0 fully saturated rings. The molecular formula is C22H24N4O4S2. The molecule has 2 aromatic carbocycles. The van der Waals surface area contributed by atoms with Crippen molar-refractivity contribution < 1.29 is 19.0 Å². The van der Waals surface area contributed by atoms with Gasteiger partial charge in [-0.25, -0.2) is 0 Å². The van der Waals surface area contributed by atoms with Crippen molar-refractivity contribution in [1.82, 2.24) is 15.1 Å². The van der Waals surface area contributed by atoms with Crippen molar-refractivity contribution in [3.8, 4) is 17.2 Å². The molecule has 8 nitrogen and oxygen atoms in total. The average molecular weight is 473 g/mol. The van der Waals surface area contributed by atoms with Crippen molar-refractivity contribution in [2.24, 2.45) is 0 Å². The summed E-state index contributed by atoms with van der Waals surface area (Å²) in [6.07, 6.45) is 0. The molecule has 10 heteroatoms. The molecule has 1 aliphatic heterocycles. The second kappa shape index (κ2) is 10.6. The molecule has 0 atom stereocenters. The molecule has 0 saturated heterocycles. The van der Waals surface area contributed by atoms with E-state index in [4.69, 9.17) is 14.2 Å². The van der Waals surface area contributed by atoms with Gasteiger partial charge in [-0.3, -0.25) is 4.79 Å². The first-order chi connectivity index (χ1) is 15.6. The van der Waals surface area contributed by atoms with Gasteiger partial charge in [-0.05, 0) is 36.8 Å². The number of hydrogen-bond donors (Lipinski definition) is 1. The Morgan fingerprint density at radius 3 is 2.84 bits per heavy atom. The summed E-state index contributed by atoms with van der Waals surface area (Å²) in [7, 11) is 1.79. The van der Waals surface area contributed by atoms with E-state index in [2.05, 4.69) is 15.5 Å². The number of rotatable bonds is 9. The van der Waals surface area contributed by atoms with E-state index in [1.54, 1.807) is 11.9 Å². The Labute approximate surface area is 194 Å². The molecule has 3 aromatic rings. The number of benzene rings is 2. The molecule has 1 aliphatic rings. The minimum Gasteiger partial charge on any atom is -0.492 e. The highest BCUT2D eigenvalue weighted by atomic mass is 32.2. The third-order valence-corrected chi connectivity index (χ3v) is 6.56. The summed E-state index contributed by atoms with van der Waals surface area (Å²) in [5.74, 6) is 2.52. The lowest BCUT2D eigenvalue weighted by Crippen LogP contribution is -2.27. The second-order valence-electron chi connectivity index (χ2n) is 6.94. The van der Waals surface area contributed by atoms with Crippen molar-refractivity contribution in [3.05, 3.63) is 48.0 Å². The van der Waals surface area contributed by atoms with Crippen LogP contribution in [0.2, 0.25) is 0 Å². The maximum absolute atomic E-state index is 12.6. The van der Waals surface area contributed by atoms with E-state index >= 15 is 0 Å². The Morgan fingerprint density at radius 2 is 2.00 bits per heavy atom. The van der Waals surface area contributed by atoms with Gasteiger partial charge < -0.3 is 24.4 Å². The van der Waals surface area contributed by atoms with E-state index in [1.807, 2.05) is 49.4 Å². The number of anilines is 2. The molecule has 4 rings (SSSR count). The van der Waals surface area contributed by atoms with E-state index in [-0.39, 0.29) is 11.7 Å². The summed E-state index contributed by atoms with van der Waals surface area (Å²) >= 11 is 2.77. The van der Waals surface area contributed by atoms with Crippen LogP contribution in [0.25, 0.3) is 0 Å². The topological polar surface area (TPSA) is 85.8 Å². The van der Waals surface area contributed by atoms with Crippen molar-refractivity contribution in [3.63, 3.8) is 0 Å². The molecular weight excluding hydrogens is 448 g/mol. The second-order valence-corrected chi connectivity index (χ2v) is 9.14. The Morgan fingerprint density at radius 1 is 1.19 bits per heavy atom. The Balaban J connectivity index is 1.29. The summed E-state index contributed by atoms with van der Waals surface area (Å²) in [4.78, 5) is 14.3. The van der Waals surface area contributed by atoms with Gasteiger partial charge in [-0.1, -0.05) is 41.3 Å². The zero-order valence-electron chi connectivity index (χ0n) is 17.9. The molecule has 0 spiro atoms. The van der Waals surface area contributed by atoms with E-state index in [0.29, 0.717) is 31.5 Å². The predicted molar refractivity (Wildman–Crippen MR) is 125 cm³/mol. The number of nitrogens with zero attached hydrogens (tertiary/aromatic N) is 3. The lowest BCUT2D eigenvalue weighted by Gasteiger charge is -2.21. The smallest absolute Gasteiger partial charge is 0.233 e. The van der Waals surface area contributed by atoms with E-state index in [9.17, 15) is 4.79 Å². The monoisotopic (exact) mass is 472 g/mol. The first kappa shape index (κ1) is 22.2. The molecule has 1 amide bonds. The Bertz CT molecular complexity index is 1080. The third-order valence-electron chi connectivity index (χ3n) is 4.61. The van der Waals surface area contributed by atoms with Gasteiger partial charge in [0.2, 0.25) is 11.0 Å². The van der Waals surface area contributed by atoms with Crippen molar-refractivity contribution in [1.29, 1.82) is 0 Å². The fourth-order valence-corrected chi connectivity index (χ4v) is 4.77. The standard InChI is InChI=1S/C22H24N4O4S2/c1-3-28-17-7-5-4-6-16(17)23-21-24-25-22(32-21)31-14-20(27)26(2)13-15-8-9-18-19(12-15)30-11-10-29-18/h4-9,12H,3,10-11,13-14H2,1-2H3,(H,23,24). The maximum Gasteiger partial charge on any atom is 0.233 e. The number of carbonyl (C=O) groups excluding carboxylic acids is 1. The van der Waals surface area contributed by atoms with Crippen LogP contribution in [0.15, 0.2) is 46.8 Å². The van der Waals surface area contributed by atoms with Crippen LogP contribution in [-0.4, -0.2) is 53.6 Å². The van der Waals surface area contributed by atoms with Crippen LogP contribution in [0.5, 0.6) is 17.2 Å². The Hall–Kier alpha value is -2.98. The highest BCUT2D eigenvalue weighted by Crippen LogP contribution is 2.33. The number of carbonyl (C=O) groups is 1. The van der Waals surface area contributed by atoms with E-state index in [1.165, 1.54) is 23.1 Å². The lowest BCUT2D eigenvalue weighted by molar-refractivity contribution is -0.127. The minimum absolute atomic E-state index is 0.0105. The van der Waals surface area contributed by atoms with Crippen LogP contribution in [0.3, 0.4) is 0 Å². The van der Waals surface area contributed by atoms with Crippen molar-refractivity contribution in [2.75, 3.05) is 37.9 Å². The highest BCUT2D eigenvalue weighted by Gasteiger charge is 2.16. The highest BCUT2D eigenvalue weighted by molar-refractivity contribution is 8.01. The number of para-hydroxylation sites is 2. The summed E-state index contributed by atoms with van der Waals surface area (Å²) in [6.45, 7) is 4.12. The molecule has 1 N–H and O–H groups in total.